The number of hydrogen-bond acceptors (Lipinski definition) is 8. The van der Waals surface area contributed by atoms with Crippen LogP contribution >= 0.6 is 0 Å². The number of carbonyl (C=O) groups is 5. The number of nitrogens with zero attached hydrogens (tertiary/aromatic N) is 2. The number of anilines is 1. The number of nitrogens with one attached hydrogen (secondary N) is 2. The van der Waals surface area contributed by atoms with E-state index in [0.29, 0.717) is 18.8 Å². The summed E-state index contributed by atoms with van der Waals surface area (Å²) in [5.41, 5.74) is 2.03. The van der Waals surface area contributed by atoms with Crippen molar-refractivity contribution in [3.05, 3.63) is 65.2 Å². The SMILES string of the molecule is O=C1CCC(N2C(=O)c3cccc(NC4CC(OC5CCN(C(=O)OCc6ccccc6)CC5)C4)c3C2=O)C(=O)N1. The molecule has 0 aromatic heterocycles. The van der Waals surface area contributed by atoms with Crippen LogP contribution in [0.25, 0.3) is 0 Å². The molecule has 3 fully saturated rings. The van der Waals surface area contributed by atoms with Crippen LogP contribution < -0.4 is 10.6 Å². The number of benzene rings is 2. The molecular weight excluding hydrogens is 528 g/mol. The van der Waals surface area contributed by atoms with E-state index in [1.807, 2.05) is 30.3 Å². The van der Waals surface area contributed by atoms with Gasteiger partial charge in [-0.1, -0.05) is 36.4 Å². The summed E-state index contributed by atoms with van der Waals surface area (Å²) in [4.78, 5) is 65.4. The molecule has 0 spiro atoms. The molecule has 1 atom stereocenters. The lowest BCUT2D eigenvalue weighted by atomic mass is 9.88. The lowest BCUT2D eigenvalue weighted by Crippen LogP contribution is -2.54. The van der Waals surface area contributed by atoms with Gasteiger partial charge in [-0.2, -0.15) is 0 Å². The second-order valence-corrected chi connectivity index (χ2v) is 11.0. The van der Waals surface area contributed by atoms with Crippen LogP contribution in [0.5, 0.6) is 0 Å². The van der Waals surface area contributed by atoms with Crippen LogP contribution in [0.1, 0.15) is 64.8 Å². The number of piperidine rings is 2. The van der Waals surface area contributed by atoms with Gasteiger partial charge in [0, 0.05) is 31.2 Å². The van der Waals surface area contributed by atoms with Crippen molar-refractivity contribution in [1.29, 1.82) is 0 Å². The minimum absolute atomic E-state index is 0.0707. The van der Waals surface area contributed by atoms with E-state index in [4.69, 9.17) is 9.47 Å². The van der Waals surface area contributed by atoms with Crippen LogP contribution in [0, 0.1) is 0 Å². The molecule has 5 amide bonds. The topological polar surface area (TPSA) is 134 Å². The molecule has 2 aromatic rings. The molecule has 41 heavy (non-hydrogen) atoms. The molecule has 214 valence electrons. The Hall–Kier alpha value is -4.25. The van der Waals surface area contributed by atoms with Gasteiger partial charge in [-0.15, -0.1) is 0 Å². The van der Waals surface area contributed by atoms with Crippen molar-refractivity contribution in [3.8, 4) is 0 Å². The quantitative estimate of drug-likeness (QED) is 0.494. The van der Waals surface area contributed by atoms with E-state index in [0.717, 1.165) is 36.1 Å². The van der Waals surface area contributed by atoms with E-state index in [-0.39, 0.29) is 54.9 Å². The van der Waals surface area contributed by atoms with Crippen LogP contribution in [-0.2, 0) is 25.7 Å². The summed E-state index contributed by atoms with van der Waals surface area (Å²) in [5, 5.41) is 5.60. The normalized spacial score (nSPS) is 24.5. The smallest absolute Gasteiger partial charge is 0.410 e. The predicted molar refractivity (Wildman–Crippen MR) is 146 cm³/mol. The zero-order valence-corrected chi connectivity index (χ0v) is 22.5. The van der Waals surface area contributed by atoms with Gasteiger partial charge in [0.1, 0.15) is 12.6 Å². The van der Waals surface area contributed by atoms with Crippen LogP contribution in [0.4, 0.5) is 10.5 Å². The van der Waals surface area contributed by atoms with E-state index < -0.39 is 29.7 Å². The number of hydrogen-bond donors (Lipinski definition) is 2. The van der Waals surface area contributed by atoms with Crippen LogP contribution in [0.2, 0.25) is 0 Å². The Labute approximate surface area is 237 Å². The summed E-state index contributed by atoms with van der Waals surface area (Å²) in [6.07, 6.45) is 3.03. The maximum Gasteiger partial charge on any atom is 0.410 e. The van der Waals surface area contributed by atoms with Crippen LogP contribution in [0.15, 0.2) is 48.5 Å². The fourth-order valence-corrected chi connectivity index (χ4v) is 5.91. The van der Waals surface area contributed by atoms with Gasteiger partial charge in [-0.3, -0.25) is 29.4 Å². The Kier molecular flexibility index (Phi) is 7.44. The van der Waals surface area contributed by atoms with Crippen molar-refractivity contribution < 1.29 is 33.4 Å². The maximum absolute atomic E-state index is 13.3. The van der Waals surface area contributed by atoms with E-state index in [2.05, 4.69) is 10.6 Å². The molecule has 1 aliphatic carbocycles. The maximum atomic E-state index is 13.3. The number of fused-ring (bicyclic) bond motifs is 1. The molecule has 4 aliphatic rings. The fraction of sp³-hybridized carbons (Fsp3) is 0.433. The summed E-state index contributed by atoms with van der Waals surface area (Å²) < 4.78 is 11.7. The molecule has 0 radical (unpaired) electrons. The van der Waals surface area contributed by atoms with E-state index >= 15 is 0 Å². The molecule has 3 aliphatic heterocycles. The second-order valence-electron chi connectivity index (χ2n) is 11.0. The lowest BCUT2D eigenvalue weighted by Gasteiger charge is -2.40. The molecule has 0 bridgehead atoms. The highest BCUT2D eigenvalue weighted by Crippen LogP contribution is 2.35. The second kappa shape index (κ2) is 11.3. The Morgan fingerprint density at radius 2 is 1.66 bits per heavy atom. The Balaban J connectivity index is 0.970. The number of likely N-dealkylation sites (tertiary alicyclic amines) is 1. The first kappa shape index (κ1) is 26.9. The minimum atomic E-state index is -0.994. The number of rotatable bonds is 7. The standard InChI is InChI=1S/C30H32N4O7/c35-25-10-9-24(27(36)32-25)34-28(37)22-7-4-8-23(26(22)29(34)38)31-19-15-21(16-19)41-20-11-13-33(14-12-20)30(39)40-17-18-5-2-1-3-6-18/h1-8,19-21,24,31H,9-17H2,(H,32,35,36). The zero-order chi connectivity index (χ0) is 28.5. The lowest BCUT2D eigenvalue weighted by molar-refractivity contribution is -0.136. The number of amides is 5. The summed E-state index contributed by atoms with van der Waals surface area (Å²) in [5.74, 6) is -2.07. The summed E-state index contributed by atoms with van der Waals surface area (Å²) >= 11 is 0. The van der Waals surface area contributed by atoms with E-state index in [1.54, 1.807) is 23.1 Å². The van der Waals surface area contributed by atoms with Gasteiger partial charge in [-0.25, -0.2) is 4.79 Å². The molecule has 2 N–H and O–H groups in total. The molecule has 2 saturated heterocycles. The number of imide groups is 2. The highest BCUT2D eigenvalue weighted by atomic mass is 16.6. The first-order valence-electron chi connectivity index (χ1n) is 14.1. The van der Waals surface area contributed by atoms with E-state index in [9.17, 15) is 24.0 Å². The fourth-order valence-electron chi connectivity index (χ4n) is 5.91. The summed E-state index contributed by atoms with van der Waals surface area (Å²) in [7, 11) is 0. The van der Waals surface area contributed by atoms with Gasteiger partial charge in [0.05, 0.1) is 23.3 Å². The Morgan fingerprint density at radius 1 is 0.902 bits per heavy atom. The molecule has 11 heteroatoms. The molecule has 11 nitrogen and oxygen atoms in total. The molecule has 1 saturated carbocycles. The third kappa shape index (κ3) is 5.54. The van der Waals surface area contributed by atoms with Crippen molar-refractivity contribution in [1.82, 2.24) is 15.1 Å². The van der Waals surface area contributed by atoms with Crippen molar-refractivity contribution >= 4 is 35.4 Å². The monoisotopic (exact) mass is 560 g/mol. The highest BCUT2D eigenvalue weighted by molar-refractivity contribution is 6.25. The molecule has 6 rings (SSSR count). The van der Waals surface area contributed by atoms with Crippen molar-refractivity contribution in [2.45, 2.75) is 69.4 Å². The average Bonchev–Trinajstić information content (AvgIpc) is 3.21. The van der Waals surface area contributed by atoms with Gasteiger partial charge in [0.25, 0.3) is 11.8 Å². The molecule has 2 aromatic carbocycles. The summed E-state index contributed by atoms with van der Waals surface area (Å²) in [6, 6.07) is 13.7. The van der Waals surface area contributed by atoms with Crippen molar-refractivity contribution in [2.24, 2.45) is 0 Å². The van der Waals surface area contributed by atoms with Gasteiger partial charge >= 0.3 is 6.09 Å². The van der Waals surface area contributed by atoms with Crippen molar-refractivity contribution in [2.75, 3.05) is 18.4 Å². The first-order chi connectivity index (χ1) is 19.9. The molecule has 3 heterocycles. The Bertz CT molecular complexity index is 1370. The van der Waals surface area contributed by atoms with Gasteiger partial charge in [0.15, 0.2) is 0 Å². The van der Waals surface area contributed by atoms with Gasteiger partial charge < -0.3 is 19.7 Å². The van der Waals surface area contributed by atoms with Crippen LogP contribution in [0.3, 0.4) is 0 Å². The third-order valence-corrected chi connectivity index (χ3v) is 8.21. The van der Waals surface area contributed by atoms with Gasteiger partial charge in [0.2, 0.25) is 11.8 Å². The zero-order valence-electron chi connectivity index (χ0n) is 22.5. The number of carbonyl (C=O) groups excluding carboxylic acids is 5. The molecular formula is C30H32N4O7. The van der Waals surface area contributed by atoms with E-state index in [1.165, 1.54) is 0 Å². The minimum Gasteiger partial charge on any atom is -0.445 e. The van der Waals surface area contributed by atoms with Crippen molar-refractivity contribution in [3.63, 3.8) is 0 Å². The largest absolute Gasteiger partial charge is 0.445 e. The molecule has 1 unspecified atom stereocenters. The van der Waals surface area contributed by atoms with Gasteiger partial charge in [-0.05, 0) is 49.8 Å². The highest BCUT2D eigenvalue weighted by Gasteiger charge is 2.46. The Morgan fingerprint density at radius 3 is 2.39 bits per heavy atom. The first-order valence-corrected chi connectivity index (χ1v) is 14.1. The summed E-state index contributed by atoms with van der Waals surface area (Å²) in [6.45, 7) is 1.43. The number of ether oxygens (including phenoxy) is 2. The average molecular weight is 561 g/mol. The predicted octanol–water partition coefficient (Wildman–Crippen LogP) is 2.85. The van der Waals surface area contributed by atoms with Crippen LogP contribution in [-0.4, -0.2) is 76.9 Å². The third-order valence-electron chi connectivity index (χ3n) is 8.21.